The van der Waals surface area contributed by atoms with Crippen LogP contribution in [0, 0.1) is 0 Å². The molecule has 1 amide bonds. The van der Waals surface area contributed by atoms with Crippen LogP contribution < -0.4 is 0 Å². The van der Waals surface area contributed by atoms with Crippen LogP contribution in [0.2, 0.25) is 0 Å². The molecule has 98 valence electrons. The maximum absolute atomic E-state index is 11.3. The summed E-state index contributed by atoms with van der Waals surface area (Å²) >= 11 is 0. The molecule has 0 aliphatic carbocycles. The fraction of sp³-hybridized carbons (Fsp3) is 0.750. The lowest BCUT2D eigenvalue weighted by atomic mass is 10.2. The van der Waals surface area contributed by atoms with Gasteiger partial charge in [-0.15, -0.1) is 0 Å². The Morgan fingerprint density at radius 2 is 2.24 bits per heavy atom. The van der Waals surface area contributed by atoms with Crippen molar-refractivity contribution in [1.82, 2.24) is 4.90 Å². The topological polar surface area (TPSA) is 99.2 Å². The van der Waals surface area contributed by atoms with Crippen molar-refractivity contribution in [3.05, 3.63) is 0 Å². The van der Waals surface area contributed by atoms with Crippen molar-refractivity contribution in [1.29, 1.82) is 0 Å². The molecule has 1 aliphatic heterocycles. The van der Waals surface area contributed by atoms with Gasteiger partial charge in [-0.1, -0.05) is 0 Å². The van der Waals surface area contributed by atoms with E-state index in [2.05, 4.69) is 13.7 Å². The largest absolute Gasteiger partial charge is 0.453 e. The average Bonchev–Trinajstić information content (AvgIpc) is 2.58. The highest BCUT2D eigenvalue weighted by Crippen LogP contribution is 2.16. The highest BCUT2D eigenvalue weighted by Gasteiger charge is 2.38. The van der Waals surface area contributed by atoms with Crippen molar-refractivity contribution >= 4 is 22.2 Å². The molecule has 0 bridgehead atoms. The molecule has 8 nitrogen and oxygen atoms in total. The van der Waals surface area contributed by atoms with Crippen molar-refractivity contribution in [3.8, 4) is 0 Å². The van der Waals surface area contributed by atoms with Gasteiger partial charge in [-0.05, 0) is 0 Å². The van der Waals surface area contributed by atoms with E-state index in [0.717, 1.165) is 11.2 Å². The molecule has 1 heterocycles. The fourth-order valence-corrected chi connectivity index (χ4v) is 1.73. The monoisotopic (exact) mass is 267 g/mol. The molecular formula is C8H13NO7S. The van der Waals surface area contributed by atoms with Crippen molar-refractivity contribution in [2.45, 2.75) is 12.5 Å². The quantitative estimate of drug-likeness (QED) is 0.490. The minimum Gasteiger partial charge on any atom is -0.453 e. The molecule has 0 radical (unpaired) electrons. The zero-order valence-electron chi connectivity index (χ0n) is 9.41. The number of esters is 1. The third kappa shape index (κ3) is 3.86. The summed E-state index contributed by atoms with van der Waals surface area (Å²) in [4.78, 5) is 23.6. The second-order valence-corrected chi connectivity index (χ2v) is 5.01. The number of carbonyl (C=O) groups excluding carboxylic acids is 2. The smallest absolute Gasteiger partial charge is 0.412 e. The molecule has 9 heteroatoms. The van der Waals surface area contributed by atoms with Crippen LogP contribution in [0.1, 0.15) is 6.42 Å². The first-order chi connectivity index (χ1) is 7.85. The Bertz CT molecular complexity index is 404. The normalized spacial score (nSPS) is 20.2. The van der Waals surface area contributed by atoms with Crippen LogP contribution in [0.15, 0.2) is 0 Å². The summed E-state index contributed by atoms with van der Waals surface area (Å²) in [6.45, 7) is -0.402. The van der Waals surface area contributed by atoms with Gasteiger partial charge in [0.25, 0.3) is 10.1 Å². The third-order valence-corrected chi connectivity index (χ3v) is 2.69. The summed E-state index contributed by atoms with van der Waals surface area (Å²) < 4.78 is 35.0. The predicted molar refractivity (Wildman–Crippen MR) is 54.4 cm³/mol. The first-order valence-electron chi connectivity index (χ1n) is 4.71. The Kier molecular flexibility index (Phi) is 4.29. The molecule has 0 N–H and O–H groups in total. The second-order valence-electron chi connectivity index (χ2n) is 3.36. The molecule has 0 spiro atoms. The van der Waals surface area contributed by atoms with E-state index in [1.165, 1.54) is 7.11 Å². The van der Waals surface area contributed by atoms with E-state index in [-0.39, 0.29) is 19.8 Å². The summed E-state index contributed by atoms with van der Waals surface area (Å²) in [6, 6.07) is -0.871. The Hall–Kier alpha value is -1.35. The SMILES string of the molecule is COC(=O)N1COC(=O)C1CCOS(C)(=O)=O. The Morgan fingerprint density at radius 1 is 1.59 bits per heavy atom. The first kappa shape index (κ1) is 13.7. The molecular weight excluding hydrogens is 254 g/mol. The van der Waals surface area contributed by atoms with Crippen LogP contribution in [-0.2, 0) is 28.6 Å². The molecule has 1 saturated heterocycles. The predicted octanol–water partition coefficient (Wildman–Crippen LogP) is -0.696. The van der Waals surface area contributed by atoms with Crippen LogP contribution in [-0.4, -0.2) is 58.1 Å². The summed E-state index contributed by atoms with van der Waals surface area (Å²) in [5.41, 5.74) is 0. The number of nitrogens with zero attached hydrogens (tertiary/aromatic N) is 1. The Morgan fingerprint density at radius 3 is 2.76 bits per heavy atom. The summed E-state index contributed by atoms with van der Waals surface area (Å²) in [5, 5.41) is 0. The molecule has 17 heavy (non-hydrogen) atoms. The van der Waals surface area contributed by atoms with E-state index < -0.39 is 28.2 Å². The molecule has 0 aromatic heterocycles. The summed E-state index contributed by atoms with van der Waals surface area (Å²) in [6.07, 6.45) is 0.221. The minimum absolute atomic E-state index is 0.0288. The van der Waals surface area contributed by atoms with Crippen LogP contribution >= 0.6 is 0 Å². The lowest BCUT2D eigenvalue weighted by Crippen LogP contribution is -2.38. The standard InChI is InChI=1S/C8H13NO7S/c1-14-8(11)9-5-15-7(10)6(9)3-4-16-17(2,12)13/h6H,3-5H2,1-2H3. The van der Waals surface area contributed by atoms with Crippen LogP contribution in [0.4, 0.5) is 4.79 Å². The maximum Gasteiger partial charge on any atom is 0.412 e. The first-order valence-corrected chi connectivity index (χ1v) is 6.52. The zero-order valence-corrected chi connectivity index (χ0v) is 10.2. The van der Waals surface area contributed by atoms with E-state index in [1.807, 2.05) is 0 Å². The van der Waals surface area contributed by atoms with E-state index >= 15 is 0 Å². The molecule has 1 aliphatic rings. The average molecular weight is 267 g/mol. The summed E-state index contributed by atoms with van der Waals surface area (Å²) in [5.74, 6) is -0.604. The molecule has 0 aromatic rings. The molecule has 1 unspecified atom stereocenters. The Balaban J connectivity index is 2.54. The highest BCUT2D eigenvalue weighted by atomic mass is 32.2. The molecule has 1 atom stereocenters. The lowest BCUT2D eigenvalue weighted by molar-refractivity contribution is -0.139. The van der Waals surface area contributed by atoms with Crippen molar-refractivity contribution < 1.29 is 31.7 Å². The minimum atomic E-state index is -3.56. The zero-order chi connectivity index (χ0) is 13.1. The van der Waals surface area contributed by atoms with Crippen molar-refractivity contribution in [2.75, 3.05) is 26.7 Å². The maximum atomic E-state index is 11.3. The number of amides is 1. The third-order valence-electron chi connectivity index (χ3n) is 2.09. The van der Waals surface area contributed by atoms with E-state index in [4.69, 9.17) is 0 Å². The van der Waals surface area contributed by atoms with E-state index in [1.54, 1.807) is 0 Å². The van der Waals surface area contributed by atoms with Gasteiger partial charge in [0.15, 0.2) is 6.73 Å². The summed E-state index contributed by atoms with van der Waals surface area (Å²) in [7, 11) is -2.39. The van der Waals surface area contributed by atoms with Gasteiger partial charge in [0, 0.05) is 6.42 Å². The second kappa shape index (κ2) is 5.32. The van der Waals surface area contributed by atoms with Crippen molar-refractivity contribution in [2.24, 2.45) is 0 Å². The van der Waals surface area contributed by atoms with E-state index in [0.29, 0.717) is 0 Å². The van der Waals surface area contributed by atoms with Crippen LogP contribution in [0.25, 0.3) is 0 Å². The lowest BCUT2D eigenvalue weighted by Gasteiger charge is -2.17. The van der Waals surface area contributed by atoms with Gasteiger partial charge in [0.2, 0.25) is 0 Å². The fourth-order valence-electron chi connectivity index (χ4n) is 1.33. The number of rotatable bonds is 4. The van der Waals surface area contributed by atoms with Gasteiger partial charge in [-0.25, -0.2) is 9.59 Å². The van der Waals surface area contributed by atoms with Gasteiger partial charge in [0.1, 0.15) is 6.04 Å². The molecule has 1 fully saturated rings. The van der Waals surface area contributed by atoms with Crippen LogP contribution in [0.3, 0.4) is 0 Å². The molecule has 1 rings (SSSR count). The van der Waals surface area contributed by atoms with Gasteiger partial charge >= 0.3 is 12.1 Å². The number of ether oxygens (including phenoxy) is 2. The van der Waals surface area contributed by atoms with Gasteiger partial charge in [-0.3, -0.25) is 9.08 Å². The van der Waals surface area contributed by atoms with Crippen molar-refractivity contribution in [3.63, 3.8) is 0 Å². The number of hydrogen-bond donors (Lipinski definition) is 0. The number of carbonyl (C=O) groups is 2. The highest BCUT2D eigenvalue weighted by molar-refractivity contribution is 7.85. The number of hydrogen-bond acceptors (Lipinski definition) is 7. The number of cyclic esters (lactones) is 1. The Labute approximate surface area is 98.5 Å². The molecule has 0 aromatic carbocycles. The van der Waals surface area contributed by atoms with Gasteiger partial charge in [0.05, 0.1) is 20.0 Å². The number of methoxy groups -OCH3 is 1. The van der Waals surface area contributed by atoms with Gasteiger partial charge in [-0.2, -0.15) is 8.42 Å². The van der Waals surface area contributed by atoms with Crippen LogP contribution in [0.5, 0.6) is 0 Å². The molecule has 0 saturated carbocycles. The van der Waals surface area contributed by atoms with E-state index in [9.17, 15) is 18.0 Å². The van der Waals surface area contributed by atoms with Gasteiger partial charge < -0.3 is 9.47 Å².